The molecule has 4 nitrogen and oxygen atoms in total. The number of hydrogen-bond acceptors (Lipinski definition) is 3. The van der Waals surface area contributed by atoms with Crippen molar-refractivity contribution in [3.05, 3.63) is 11.4 Å². The summed E-state index contributed by atoms with van der Waals surface area (Å²) in [6.45, 7) is 4.86. The van der Waals surface area contributed by atoms with Crippen molar-refractivity contribution >= 4 is 5.69 Å². The quantitative estimate of drug-likeness (QED) is 0.876. The topological polar surface area (TPSA) is 53.1 Å². The highest BCUT2D eigenvalue weighted by Gasteiger charge is 2.42. The molecule has 100 valence electrons. The second-order valence-corrected chi connectivity index (χ2v) is 5.94. The summed E-state index contributed by atoms with van der Waals surface area (Å²) in [7, 11) is 0. The number of rotatable bonds is 2. The largest absolute Gasteiger partial charge is 0.396 e. The second-order valence-electron chi connectivity index (χ2n) is 5.94. The molecule has 2 fully saturated rings. The molecule has 0 amide bonds. The average Bonchev–Trinajstić information content (AvgIpc) is 3.02. The van der Waals surface area contributed by atoms with Gasteiger partial charge in [0.25, 0.3) is 0 Å². The number of nitrogen functional groups attached to an aromatic ring is 1. The smallest absolute Gasteiger partial charge is 0.0825 e. The highest BCUT2D eigenvalue weighted by atomic mass is 16.5. The van der Waals surface area contributed by atoms with Gasteiger partial charge >= 0.3 is 0 Å². The molecule has 3 rings (SSSR count). The average molecular weight is 249 g/mol. The molecule has 1 saturated carbocycles. The standard InChI is InChI=1S/C14H23N3O/c1-10-13(15)11(2)17(16-10)9-12-5-8-14(18-12)6-3-4-7-14/h12H,3-9,15H2,1-2H3. The number of aryl methyl sites for hydroxylation is 1. The van der Waals surface area contributed by atoms with E-state index in [1.807, 2.05) is 18.5 Å². The van der Waals surface area contributed by atoms with Gasteiger partial charge in [-0.1, -0.05) is 12.8 Å². The zero-order chi connectivity index (χ0) is 12.8. The van der Waals surface area contributed by atoms with Crippen LogP contribution in [0.5, 0.6) is 0 Å². The van der Waals surface area contributed by atoms with E-state index in [4.69, 9.17) is 10.5 Å². The number of nitrogens with zero attached hydrogens (tertiary/aromatic N) is 2. The van der Waals surface area contributed by atoms with Crippen molar-refractivity contribution in [2.75, 3.05) is 5.73 Å². The van der Waals surface area contributed by atoms with Gasteiger partial charge in [-0.15, -0.1) is 0 Å². The van der Waals surface area contributed by atoms with E-state index >= 15 is 0 Å². The van der Waals surface area contributed by atoms with Crippen molar-refractivity contribution in [3.8, 4) is 0 Å². The second kappa shape index (κ2) is 4.26. The summed E-state index contributed by atoms with van der Waals surface area (Å²) < 4.78 is 8.33. The van der Waals surface area contributed by atoms with Gasteiger partial charge in [0.05, 0.1) is 35.3 Å². The molecule has 1 aromatic rings. The van der Waals surface area contributed by atoms with Crippen LogP contribution < -0.4 is 5.73 Å². The predicted octanol–water partition coefficient (Wildman–Crippen LogP) is 2.57. The van der Waals surface area contributed by atoms with Crippen molar-refractivity contribution in [3.63, 3.8) is 0 Å². The lowest BCUT2D eigenvalue weighted by molar-refractivity contribution is -0.0431. The SMILES string of the molecule is Cc1nn(CC2CCC3(CCCC3)O2)c(C)c1N. The summed E-state index contributed by atoms with van der Waals surface area (Å²) in [6.07, 6.45) is 7.88. The molecule has 1 atom stereocenters. The molecule has 0 radical (unpaired) electrons. The Balaban J connectivity index is 1.69. The van der Waals surface area contributed by atoms with Crippen molar-refractivity contribution in [2.45, 2.75) is 70.6 Å². The van der Waals surface area contributed by atoms with Gasteiger partial charge in [0.15, 0.2) is 0 Å². The van der Waals surface area contributed by atoms with Gasteiger partial charge in [-0.3, -0.25) is 4.68 Å². The van der Waals surface area contributed by atoms with Crippen LogP contribution >= 0.6 is 0 Å². The van der Waals surface area contributed by atoms with E-state index in [2.05, 4.69) is 5.10 Å². The van der Waals surface area contributed by atoms with E-state index in [0.29, 0.717) is 6.10 Å². The van der Waals surface area contributed by atoms with Crippen LogP contribution in [-0.2, 0) is 11.3 Å². The fourth-order valence-corrected chi connectivity index (χ4v) is 3.49. The maximum absolute atomic E-state index is 6.32. The molecular weight excluding hydrogens is 226 g/mol. The van der Waals surface area contributed by atoms with Crippen LogP contribution in [0.4, 0.5) is 5.69 Å². The maximum Gasteiger partial charge on any atom is 0.0825 e. The molecule has 0 aromatic carbocycles. The van der Waals surface area contributed by atoms with Crippen molar-refractivity contribution < 1.29 is 4.74 Å². The lowest BCUT2D eigenvalue weighted by Gasteiger charge is -2.24. The highest BCUT2D eigenvalue weighted by molar-refractivity contribution is 5.46. The summed E-state index contributed by atoms with van der Waals surface area (Å²) in [6, 6.07) is 0. The third-order valence-corrected chi connectivity index (χ3v) is 4.67. The molecule has 1 unspecified atom stereocenters. The molecule has 1 saturated heterocycles. The molecule has 18 heavy (non-hydrogen) atoms. The number of hydrogen-bond donors (Lipinski definition) is 1. The number of nitrogens with two attached hydrogens (primary N) is 1. The van der Waals surface area contributed by atoms with Gasteiger partial charge in [0.1, 0.15) is 0 Å². The minimum absolute atomic E-state index is 0.215. The maximum atomic E-state index is 6.32. The van der Waals surface area contributed by atoms with Gasteiger partial charge in [-0.05, 0) is 39.5 Å². The Hall–Kier alpha value is -1.03. The monoisotopic (exact) mass is 249 g/mol. The molecule has 1 spiro atoms. The Morgan fingerprint density at radius 3 is 2.67 bits per heavy atom. The fourth-order valence-electron chi connectivity index (χ4n) is 3.49. The van der Waals surface area contributed by atoms with E-state index in [1.165, 1.54) is 32.1 Å². The van der Waals surface area contributed by atoms with Crippen LogP contribution in [0.1, 0.15) is 49.9 Å². The Bertz CT molecular complexity index is 446. The molecule has 2 heterocycles. The Kier molecular flexibility index (Phi) is 2.85. The number of aromatic nitrogens is 2. The molecule has 1 aliphatic carbocycles. The third-order valence-electron chi connectivity index (χ3n) is 4.67. The lowest BCUT2D eigenvalue weighted by atomic mass is 9.98. The van der Waals surface area contributed by atoms with Crippen LogP contribution in [-0.4, -0.2) is 21.5 Å². The minimum Gasteiger partial charge on any atom is -0.396 e. The normalized spacial score (nSPS) is 26.2. The van der Waals surface area contributed by atoms with E-state index in [-0.39, 0.29) is 5.60 Å². The Morgan fingerprint density at radius 1 is 1.33 bits per heavy atom. The van der Waals surface area contributed by atoms with Crippen molar-refractivity contribution in [1.82, 2.24) is 9.78 Å². The minimum atomic E-state index is 0.215. The molecule has 1 aliphatic heterocycles. The van der Waals surface area contributed by atoms with E-state index in [9.17, 15) is 0 Å². The number of ether oxygens (including phenoxy) is 1. The summed E-state index contributed by atoms with van der Waals surface area (Å²) in [4.78, 5) is 0. The molecule has 1 aromatic heterocycles. The zero-order valence-electron chi connectivity index (χ0n) is 11.4. The Morgan fingerprint density at radius 2 is 2.06 bits per heavy atom. The molecule has 4 heteroatoms. The van der Waals surface area contributed by atoms with Crippen LogP contribution in [0, 0.1) is 13.8 Å². The molecule has 2 N–H and O–H groups in total. The molecule has 2 aliphatic rings. The lowest BCUT2D eigenvalue weighted by Crippen LogP contribution is -2.27. The van der Waals surface area contributed by atoms with E-state index < -0.39 is 0 Å². The van der Waals surface area contributed by atoms with Gasteiger partial charge in [-0.2, -0.15) is 5.10 Å². The summed E-state index contributed by atoms with van der Waals surface area (Å²) in [5, 5.41) is 4.50. The van der Waals surface area contributed by atoms with Crippen LogP contribution in [0.15, 0.2) is 0 Å². The molecule has 0 bridgehead atoms. The van der Waals surface area contributed by atoms with Crippen molar-refractivity contribution in [2.24, 2.45) is 0 Å². The van der Waals surface area contributed by atoms with E-state index in [1.54, 1.807) is 0 Å². The predicted molar refractivity (Wildman–Crippen MR) is 71.4 cm³/mol. The van der Waals surface area contributed by atoms with Crippen LogP contribution in [0.2, 0.25) is 0 Å². The van der Waals surface area contributed by atoms with Gasteiger partial charge in [0, 0.05) is 0 Å². The fraction of sp³-hybridized carbons (Fsp3) is 0.786. The third kappa shape index (κ3) is 1.92. The summed E-state index contributed by atoms with van der Waals surface area (Å²) in [5.74, 6) is 0. The van der Waals surface area contributed by atoms with Crippen LogP contribution in [0.3, 0.4) is 0 Å². The first-order valence-corrected chi connectivity index (χ1v) is 7.07. The zero-order valence-corrected chi connectivity index (χ0v) is 11.4. The first-order chi connectivity index (χ1) is 8.60. The van der Waals surface area contributed by atoms with E-state index in [0.717, 1.165) is 30.0 Å². The summed E-state index contributed by atoms with van der Waals surface area (Å²) in [5.41, 5.74) is 9.01. The summed E-state index contributed by atoms with van der Waals surface area (Å²) >= 11 is 0. The van der Waals surface area contributed by atoms with Gasteiger partial charge in [0.2, 0.25) is 0 Å². The Labute approximate surface area is 108 Å². The van der Waals surface area contributed by atoms with Gasteiger partial charge in [-0.25, -0.2) is 0 Å². The van der Waals surface area contributed by atoms with Crippen LogP contribution in [0.25, 0.3) is 0 Å². The first kappa shape index (κ1) is 12.0. The molecular formula is C14H23N3O. The highest BCUT2D eigenvalue weighted by Crippen LogP contribution is 2.43. The first-order valence-electron chi connectivity index (χ1n) is 7.07. The van der Waals surface area contributed by atoms with Gasteiger partial charge < -0.3 is 10.5 Å². The van der Waals surface area contributed by atoms with Crippen molar-refractivity contribution in [1.29, 1.82) is 0 Å². The number of anilines is 1.